The number of benzene rings is 1. The van der Waals surface area contributed by atoms with Crippen LogP contribution in [0.25, 0.3) is 0 Å². The molecular weight excluding hydrogens is 454 g/mol. The molecule has 5 aliphatic rings. The van der Waals surface area contributed by atoms with Gasteiger partial charge in [-0.3, -0.25) is 9.59 Å². The number of nitrogens with zero attached hydrogens (tertiary/aromatic N) is 1. The largest absolute Gasteiger partial charge is 0.456 e. The van der Waals surface area contributed by atoms with Gasteiger partial charge in [0, 0.05) is 17.4 Å². The Morgan fingerprint density at radius 3 is 2.35 bits per heavy atom. The summed E-state index contributed by atoms with van der Waals surface area (Å²) in [5.41, 5.74) is 1.47. The number of hydrogen-bond acceptors (Lipinski definition) is 3. The first-order chi connectivity index (χ1) is 14.9. The van der Waals surface area contributed by atoms with Crippen molar-refractivity contribution in [3.05, 3.63) is 35.9 Å². The van der Waals surface area contributed by atoms with E-state index in [0.29, 0.717) is 12.3 Å². The number of halogens is 1. The van der Waals surface area contributed by atoms with Crippen molar-refractivity contribution in [3.63, 3.8) is 0 Å². The molecule has 1 heterocycles. The molecular formula is C26H34BrNO3. The number of alkyl halides is 1. The first-order valence-corrected chi connectivity index (χ1v) is 12.9. The second kappa shape index (κ2) is 8.53. The monoisotopic (exact) mass is 487 g/mol. The van der Waals surface area contributed by atoms with Crippen LogP contribution in [-0.2, 0) is 20.7 Å². The zero-order valence-corrected chi connectivity index (χ0v) is 19.9. The number of hydrogen-bond donors (Lipinski definition) is 0. The van der Waals surface area contributed by atoms with Crippen molar-refractivity contribution < 1.29 is 14.3 Å². The molecule has 0 N–H and O–H groups in total. The summed E-state index contributed by atoms with van der Waals surface area (Å²) >= 11 is 4.01. The highest BCUT2D eigenvalue weighted by molar-refractivity contribution is 9.10. The average molecular weight is 488 g/mol. The minimum absolute atomic E-state index is 0.0333. The number of ether oxygens (including phenoxy) is 1. The van der Waals surface area contributed by atoms with Crippen LogP contribution in [0.3, 0.4) is 0 Å². The summed E-state index contributed by atoms with van der Waals surface area (Å²) in [5.74, 6) is 1.93. The van der Waals surface area contributed by atoms with E-state index >= 15 is 0 Å². The van der Waals surface area contributed by atoms with E-state index in [-0.39, 0.29) is 28.2 Å². The molecule has 4 aliphatic carbocycles. The van der Waals surface area contributed by atoms with Crippen LogP contribution in [0.4, 0.5) is 0 Å². The van der Waals surface area contributed by atoms with E-state index in [1.807, 2.05) is 11.0 Å². The lowest BCUT2D eigenvalue weighted by Gasteiger charge is -2.60. The fourth-order valence-electron chi connectivity index (χ4n) is 7.47. The van der Waals surface area contributed by atoms with Gasteiger partial charge in [-0.15, -0.1) is 0 Å². The van der Waals surface area contributed by atoms with Crippen molar-refractivity contribution in [2.75, 3.05) is 19.7 Å². The smallest absolute Gasteiger partial charge is 0.306 e. The van der Waals surface area contributed by atoms with Gasteiger partial charge in [0.1, 0.15) is 0 Å². The van der Waals surface area contributed by atoms with Crippen LogP contribution in [0.15, 0.2) is 30.3 Å². The summed E-state index contributed by atoms with van der Waals surface area (Å²) in [5, 5.41) is 0. The van der Waals surface area contributed by atoms with Gasteiger partial charge in [-0.2, -0.15) is 0 Å². The summed E-state index contributed by atoms with van der Waals surface area (Å²) in [6.07, 6.45) is 10.9. The van der Waals surface area contributed by atoms with Gasteiger partial charge in [-0.25, -0.2) is 0 Å². The standard InChI is InChI=1S/C26H34BrNO3/c27-26-14-21-11-22(15-26)13-25(12-21,18-26)16-24(30)31-17-23(29)28-8-6-20(7-9-28)10-19-4-2-1-3-5-19/h1-5,20-22H,6-18H2/t21-,22+,25?,26?. The van der Waals surface area contributed by atoms with Crippen molar-refractivity contribution in [1.82, 2.24) is 4.90 Å². The molecule has 1 saturated heterocycles. The second-order valence-electron chi connectivity index (χ2n) is 11.0. The number of likely N-dealkylation sites (tertiary alicyclic amines) is 1. The molecule has 0 aromatic heterocycles. The molecule has 1 aromatic rings. The quantitative estimate of drug-likeness (QED) is 0.412. The van der Waals surface area contributed by atoms with Gasteiger partial charge in [-0.1, -0.05) is 46.3 Å². The predicted octanol–water partition coefficient (Wildman–Crippen LogP) is 5.13. The molecule has 1 aliphatic heterocycles. The number of amides is 1. The predicted molar refractivity (Wildman–Crippen MR) is 124 cm³/mol. The Balaban J connectivity index is 1.06. The molecule has 31 heavy (non-hydrogen) atoms. The van der Waals surface area contributed by atoms with Gasteiger partial charge in [0.25, 0.3) is 5.91 Å². The summed E-state index contributed by atoms with van der Waals surface area (Å²) in [6.45, 7) is 1.45. The number of piperidine rings is 1. The maximum atomic E-state index is 12.7. The molecule has 0 spiro atoms. The van der Waals surface area contributed by atoms with Crippen LogP contribution in [0.1, 0.15) is 63.4 Å². The fourth-order valence-corrected chi connectivity index (χ4v) is 8.98. The summed E-state index contributed by atoms with van der Waals surface area (Å²) < 4.78 is 5.75. The lowest BCUT2D eigenvalue weighted by Crippen LogP contribution is -2.53. The maximum Gasteiger partial charge on any atom is 0.306 e. The van der Waals surface area contributed by atoms with E-state index in [4.69, 9.17) is 4.74 Å². The fraction of sp³-hybridized carbons (Fsp3) is 0.692. The van der Waals surface area contributed by atoms with Crippen molar-refractivity contribution in [2.24, 2.45) is 23.2 Å². The van der Waals surface area contributed by atoms with E-state index < -0.39 is 0 Å². The van der Waals surface area contributed by atoms with E-state index in [0.717, 1.165) is 63.5 Å². The topological polar surface area (TPSA) is 46.6 Å². The first-order valence-electron chi connectivity index (χ1n) is 12.1. The number of esters is 1. The van der Waals surface area contributed by atoms with Gasteiger partial charge < -0.3 is 9.64 Å². The molecule has 4 atom stereocenters. The highest BCUT2D eigenvalue weighted by atomic mass is 79.9. The van der Waals surface area contributed by atoms with E-state index in [1.54, 1.807) is 0 Å². The van der Waals surface area contributed by atoms with E-state index in [2.05, 4.69) is 40.2 Å². The number of carbonyl (C=O) groups is 2. The minimum Gasteiger partial charge on any atom is -0.456 e. The molecule has 5 fully saturated rings. The Kier molecular flexibility index (Phi) is 5.91. The molecule has 6 rings (SSSR count). The van der Waals surface area contributed by atoms with Crippen molar-refractivity contribution in [1.29, 1.82) is 0 Å². The first kappa shape index (κ1) is 21.5. The zero-order valence-electron chi connectivity index (χ0n) is 18.4. The number of carbonyl (C=O) groups excluding carboxylic acids is 2. The summed E-state index contributed by atoms with van der Waals surface area (Å²) in [4.78, 5) is 27.2. The van der Waals surface area contributed by atoms with Crippen LogP contribution >= 0.6 is 15.9 Å². The third kappa shape index (κ3) is 4.86. The zero-order chi connectivity index (χ0) is 21.5. The van der Waals surface area contributed by atoms with Gasteiger partial charge in [0.05, 0.1) is 6.42 Å². The van der Waals surface area contributed by atoms with Gasteiger partial charge in [0.2, 0.25) is 0 Å². The van der Waals surface area contributed by atoms with Crippen molar-refractivity contribution in [2.45, 2.75) is 68.5 Å². The Bertz CT molecular complexity index is 803. The van der Waals surface area contributed by atoms with Crippen LogP contribution < -0.4 is 0 Å². The van der Waals surface area contributed by atoms with Gasteiger partial charge in [0.15, 0.2) is 6.61 Å². The molecule has 2 unspecified atom stereocenters. The lowest BCUT2D eigenvalue weighted by atomic mass is 9.49. The Morgan fingerprint density at radius 1 is 1.03 bits per heavy atom. The van der Waals surface area contributed by atoms with Crippen molar-refractivity contribution in [3.8, 4) is 0 Å². The molecule has 4 nitrogen and oxygen atoms in total. The summed E-state index contributed by atoms with van der Waals surface area (Å²) in [7, 11) is 0. The molecule has 1 amide bonds. The average Bonchev–Trinajstić information content (AvgIpc) is 2.71. The van der Waals surface area contributed by atoms with Crippen LogP contribution in [-0.4, -0.2) is 40.8 Å². The van der Waals surface area contributed by atoms with E-state index in [1.165, 1.54) is 24.8 Å². The third-order valence-corrected chi connectivity index (χ3v) is 9.25. The lowest BCUT2D eigenvalue weighted by molar-refractivity contribution is -0.157. The van der Waals surface area contributed by atoms with Gasteiger partial charge >= 0.3 is 5.97 Å². The molecule has 0 radical (unpaired) electrons. The minimum atomic E-state index is -0.176. The Hall–Kier alpha value is -1.36. The Morgan fingerprint density at radius 2 is 1.71 bits per heavy atom. The molecule has 4 saturated carbocycles. The third-order valence-electron chi connectivity index (χ3n) is 8.32. The molecule has 1 aromatic carbocycles. The van der Waals surface area contributed by atoms with Crippen LogP contribution in [0, 0.1) is 23.2 Å². The SMILES string of the molecule is O=C(CC12C[C@@H]3C[C@@H](CC(Br)(C3)C1)C2)OCC(=O)N1CCC(Cc2ccccc2)CC1. The maximum absolute atomic E-state index is 12.7. The molecule has 5 heteroatoms. The van der Waals surface area contributed by atoms with Crippen molar-refractivity contribution >= 4 is 27.8 Å². The second-order valence-corrected chi connectivity index (χ2v) is 12.6. The molecule has 168 valence electrons. The van der Waals surface area contributed by atoms with Crippen LogP contribution in [0.5, 0.6) is 0 Å². The normalized spacial score (nSPS) is 34.7. The number of rotatable bonds is 6. The van der Waals surface area contributed by atoms with E-state index in [9.17, 15) is 9.59 Å². The van der Waals surface area contributed by atoms with Gasteiger partial charge in [-0.05, 0) is 86.5 Å². The summed E-state index contributed by atoms with van der Waals surface area (Å²) in [6, 6.07) is 10.6. The highest BCUT2D eigenvalue weighted by Gasteiger charge is 2.57. The van der Waals surface area contributed by atoms with Crippen LogP contribution in [0.2, 0.25) is 0 Å². The molecule has 4 bridgehead atoms. The highest BCUT2D eigenvalue weighted by Crippen LogP contribution is 2.65. The Labute approximate surface area is 194 Å².